The maximum Gasteiger partial charge on any atom is 0.272 e. The molecular weight excluding hydrogens is 360 g/mol. The number of nitrogens with one attached hydrogen (secondary N) is 1. The van der Waals surface area contributed by atoms with Crippen molar-refractivity contribution in [3.63, 3.8) is 0 Å². The fraction of sp³-hybridized carbons (Fsp3) is 0.0714. The van der Waals surface area contributed by atoms with Crippen LogP contribution in [0.1, 0.15) is 15.9 Å². The van der Waals surface area contributed by atoms with Crippen molar-refractivity contribution in [1.82, 2.24) is 0 Å². The predicted molar refractivity (Wildman–Crippen MR) is 84.9 cm³/mol. The van der Waals surface area contributed by atoms with E-state index in [4.69, 9.17) is 11.6 Å². The molecule has 0 fully saturated rings. The molecule has 21 heavy (non-hydrogen) atoms. The number of rotatable bonds is 3. The standard InChI is InChI=1S/C14H10BrClN2O3/c1-8-6-10(3-5-13(8)18(20)21)17-14(19)11-7-9(15)2-4-12(11)16/h2-7H,1H3,(H,17,19). The molecule has 0 heterocycles. The van der Waals surface area contributed by atoms with Crippen molar-refractivity contribution in [2.75, 3.05) is 5.32 Å². The number of nitro benzene ring substituents is 1. The number of benzene rings is 2. The van der Waals surface area contributed by atoms with Gasteiger partial charge in [-0.05, 0) is 37.3 Å². The van der Waals surface area contributed by atoms with Crippen molar-refractivity contribution in [2.45, 2.75) is 6.92 Å². The first-order valence-corrected chi connectivity index (χ1v) is 7.07. The molecule has 0 saturated carbocycles. The molecular formula is C14H10BrClN2O3. The van der Waals surface area contributed by atoms with Crippen molar-refractivity contribution < 1.29 is 9.72 Å². The predicted octanol–water partition coefficient (Wildman–Crippen LogP) is 4.57. The van der Waals surface area contributed by atoms with E-state index in [9.17, 15) is 14.9 Å². The van der Waals surface area contributed by atoms with Gasteiger partial charge in [0.1, 0.15) is 0 Å². The fourth-order valence-corrected chi connectivity index (χ4v) is 2.37. The minimum Gasteiger partial charge on any atom is -0.322 e. The van der Waals surface area contributed by atoms with Crippen molar-refractivity contribution >= 4 is 44.8 Å². The summed E-state index contributed by atoms with van der Waals surface area (Å²) in [7, 11) is 0. The Hall–Kier alpha value is -1.92. The summed E-state index contributed by atoms with van der Waals surface area (Å²) >= 11 is 9.26. The number of halogens is 2. The number of nitrogens with zero attached hydrogens (tertiary/aromatic N) is 1. The number of amides is 1. The Morgan fingerprint density at radius 3 is 2.62 bits per heavy atom. The molecule has 1 amide bonds. The van der Waals surface area contributed by atoms with E-state index in [0.29, 0.717) is 21.8 Å². The molecule has 108 valence electrons. The Labute approximate surface area is 134 Å². The van der Waals surface area contributed by atoms with Crippen molar-refractivity contribution in [3.05, 3.63) is 67.1 Å². The zero-order valence-corrected chi connectivity index (χ0v) is 13.2. The summed E-state index contributed by atoms with van der Waals surface area (Å²) in [4.78, 5) is 22.5. The van der Waals surface area contributed by atoms with Crippen LogP contribution in [0.2, 0.25) is 5.02 Å². The SMILES string of the molecule is Cc1cc(NC(=O)c2cc(Br)ccc2Cl)ccc1[N+](=O)[O-]. The zero-order chi connectivity index (χ0) is 15.6. The van der Waals surface area contributed by atoms with Crippen molar-refractivity contribution in [1.29, 1.82) is 0 Å². The van der Waals surface area contributed by atoms with Crippen LogP contribution < -0.4 is 5.32 Å². The quantitative estimate of drug-likeness (QED) is 0.636. The van der Waals surface area contributed by atoms with Crippen LogP contribution >= 0.6 is 27.5 Å². The summed E-state index contributed by atoms with van der Waals surface area (Å²) < 4.78 is 0.733. The van der Waals surface area contributed by atoms with Crippen LogP contribution in [0.25, 0.3) is 0 Å². The number of hydrogen-bond donors (Lipinski definition) is 1. The highest BCUT2D eigenvalue weighted by Crippen LogP contribution is 2.24. The van der Waals surface area contributed by atoms with Crippen LogP contribution in [0.15, 0.2) is 40.9 Å². The van der Waals surface area contributed by atoms with Gasteiger partial charge >= 0.3 is 0 Å². The molecule has 0 atom stereocenters. The molecule has 0 aliphatic heterocycles. The van der Waals surface area contributed by atoms with Crippen LogP contribution in [0.5, 0.6) is 0 Å². The monoisotopic (exact) mass is 368 g/mol. The van der Waals surface area contributed by atoms with Gasteiger partial charge < -0.3 is 5.32 Å². The lowest BCUT2D eigenvalue weighted by molar-refractivity contribution is -0.385. The molecule has 0 aliphatic rings. The summed E-state index contributed by atoms with van der Waals surface area (Å²) in [5.41, 5.74) is 1.27. The maximum absolute atomic E-state index is 12.2. The average molecular weight is 370 g/mol. The van der Waals surface area contributed by atoms with Crippen LogP contribution in [-0.4, -0.2) is 10.8 Å². The van der Waals surface area contributed by atoms with E-state index >= 15 is 0 Å². The van der Waals surface area contributed by atoms with Gasteiger partial charge in [0.05, 0.1) is 15.5 Å². The molecule has 0 spiro atoms. The first-order chi connectivity index (χ1) is 9.88. The van der Waals surface area contributed by atoms with Gasteiger partial charge in [-0.3, -0.25) is 14.9 Å². The van der Waals surface area contributed by atoms with E-state index in [2.05, 4.69) is 21.2 Å². The Morgan fingerprint density at radius 2 is 2.00 bits per heavy atom. The molecule has 2 rings (SSSR count). The van der Waals surface area contributed by atoms with E-state index < -0.39 is 4.92 Å². The third kappa shape index (κ3) is 3.59. The topological polar surface area (TPSA) is 72.2 Å². The lowest BCUT2D eigenvalue weighted by atomic mass is 10.1. The Balaban J connectivity index is 2.26. The molecule has 0 bridgehead atoms. The van der Waals surface area contributed by atoms with Gasteiger partial charge in [-0.15, -0.1) is 0 Å². The van der Waals surface area contributed by atoms with Gasteiger partial charge in [0.2, 0.25) is 0 Å². The Morgan fingerprint density at radius 1 is 1.29 bits per heavy atom. The summed E-state index contributed by atoms with van der Waals surface area (Å²) in [5.74, 6) is -0.380. The third-order valence-electron chi connectivity index (χ3n) is 2.82. The highest BCUT2D eigenvalue weighted by Gasteiger charge is 2.14. The summed E-state index contributed by atoms with van der Waals surface area (Å²) in [5, 5.41) is 13.7. The number of nitro groups is 1. The van der Waals surface area contributed by atoms with E-state index in [-0.39, 0.29) is 11.6 Å². The number of anilines is 1. The Kier molecular flexibility index (Phi) is 4.59. The number of hydrogen-bond acceptors (Lipinski definition) is 3. The zero-order valence-electron chi connectivity index (χ0n) is 10.9. The van der Waals surface area contributed by atoms with E-state index in [1.807, 2.05) is 0 Å². The van der Waals surface area contributed by atoms with Gasteiger partial charge in [-0.2, -0.15) is 0 Å². The molecule has 0 aromatic heterocycles. The Bertz CT molecular complexity index is 734. The summed E-state index contributed by atoms with van der Waals surface area (Å²) in [6.07, 6.45) is 0. The first-order valence-electron chi connectivity index (χ1n) is 5.90. The van der Waals surface area contributed by atoms with Crippen molar-refractivity contribution in [3.8, 4) is 0 Å². The fourth-order valence-electron chi connectivity index (χ4n) is 1.81. The first kappa shape index (κ1) is 15.5. The molecule has 0 unspecified atom stereocenters. The number of carbonyl (C=O) groups excluding carboxylic acids is 1. The van der Waals surface area contributed by atoms with E-state index in [1.165, 1.54) is 12.1 Å². The molecule has 0 saturated heterocycles. The second kappa shape index (κ2) is 6.24. The van der Waals surface area contributed by atoms with Crippen LogP contribution in [0.4, 0.5) is 11.4 Å². The molecule has 7 heteroatoms. The van der Waals surface area contributed by atoms with Crippen molar-refractivity contribution in [2.24, 2.45) is 0 Å². The highest BCUT2D eigenvalue weighted by atomic mass is 79.9. The van der Waals surface area contributed by atoms with Gasteiger partial charge in [0.25, 0.3) is 11.6 Å². The lowest BCUT2D eigenvalue weighted by Crippen LogP contribution is -2.12. The summed E-state index contributed by atoms with van der Waals surface area (Å²) in [6, 6.07) is 9.33. The van der Waals surface area contributed by atoms with Crippen LogP contribution in [0.3, 0.4) is 0 Å². The van der Waals surface area contributed by atoms with Gasteiger partial charge in [-0.1, -0.05) is 27.5 Å². The number of carbonyl (C=O) groups is 1. The number of aryl methyl sites for hydroxylation is 1. The molecule has 1 N–H and O–H groups in total. The van der Waals surface area contributed by atoms with Gasteiger partial charge in [0, 0.05) is 21.8 Å². The molecule has 2 aromatic carbocycles. The third-order valence-corrected chi connectivity index (χ3v) is 3.65. The van der Waals surface area contributed by atoms with Gasteiger partial charge in [-0.25, -0.2) is 0 Å². The van der Waals surface area contributed by atoms with E-state index in [0.717, 1.165) is 4.47 Å². The maximum atomic E-state index is 12.2. The highest BCUT2D eigenvalue weighted by molar-refractivity contribution is 9.10. The average Bonchev–Trinajstić information content (AvgIpc) is 2.41. The van der Waals surface area contributed by atoms with E-state index in [1.54, 1.807) is 31.2 Å². The summed E-state index contributed by atoms with van der Waals surface area (Å²) in [6.45, 7) is 1.61. The second-order valence-corrected chi connectivity index (χ2v) is 5.66. The van der Waals surface area contributed by atoms with Crippen LogP contribution in [-0.2, 0) is 0 Å². The molecule has 2 aromatic rings. The minimum atomic E-state index is -0.466. The minimum absolute atomic E-state index is 0.00786. The molecule has 5 nitrogen and oxygen atoms in total. The largest absolute Gasteiger partial charge is 0.322 e. The van der Waals surface area contributed by atoms with Crippen LogP contribution in [0, 0.1) is 17.0 Å². The molecule has 0 radical (unpaired) electrons. The second-order valence-electron chi connectivity index (χ2n) is 4.34. The lowest BCUT2D eigenvalue weighted by Gasteiger charge is -2.08. The van der Waals surface area contributed by atoms with Gasteiger partial charge in [0.15, 0.2) is 0 Å². The smallest absolute Gasteiger partial charge is 0.272 e. The molecule has 0 aliphatic carbocycles. The normalized spacial score (nSPS) is 10.2.